The summed E-state index contributed by atoms with van der Waals surface area (Å²) in [5.41, 5.74) is 6.27. The minimum atomic E-state index is -3.60. The normalized spacial score (nSPS) is 17.9. The maximum Gasteiger partial charge on any atom is 0.243 e. The average molecular weight is 429 g/mol. The molecule has 1 aliphatic heterocycles. The molecule has 8 nitrogen and oxygen atoms in total. The lowest BCUT2D eigenvalue weighted by Crippen LogP contribution is -3.06. The lowest BCUT2D eigenvalue weighted by atomic mass is 9.99. The molecule has 156 valence electrons. The molecule has 10 heteroatoms. The Labute approximate surface area is 172 Å². The van der Waals surface area contributed by atoms with Crippen LogP contribution < -0.4 is 21.1 Å². The molecule has 0 radical (unpaired) electrons. The number of nitrogens with one attached hydrogen (secondary N) is 4. The highest BCUT2D eigenvalue weighted by Crippen LogP contribution is 2.24. The van der Waals surface area contributed by atoms with Gasteiger partial charge in [-0.2, -0.15) is 4.31 Å². The summed E-state index contributed by atoms with van der Waals surface area (Å²) in [6.07, 6.45) is 1.27. The van der Waals surface area contributed by atoms with Crippen LogP contribution in [0.5, 0.6) is 0 Å². The Hall–Kier alpha value is -1.75. The first kappa shape index (κ1) is 22.5. The van der Waals surface area contributed by atoms with Crippen molar-refractivity contribution in [3.63, 3.8) is 0 Å². The van der Waals surface area contributed by atoms with Crippen LogP contribution in [0.4, 0.5) is 0 Å². The van der Waals surface area contributed by atoms with Crippen LogP contribution in [-0.2, 0) is 14.8 Å². The molecule has 1 amide bonds. The zero-order valence-electron chi connectivity index (χ0n) is 16.6. The molecule has 1 heterocycles. The molecule has 4 N–H and O–H groups in total. The number of rotatable bonds is 6. The van der Waals surface area contributed by atoms with Crippen LogP contribution in [0.25, 0.3) is 0 Å². The van der Waals surface area contributed by atoms with E-state index in [1.54, 1.807) is 24.3 Å². The van der Waals surface area contributed by atoms with Crippen molar-refractivity contribution in [3.05, 3.63) is 29.8 Å². The number of thiocarbonyl (C=S) groups is 1. The molecule has 2 rings (SSSR count). The SMILES string of the molecule is Cc1ccc(S(=O)(=O)N2CCC[C@H](C(=O)NNC(=S)NCC[NH+](C)C)C2)cc1. The zero-order chi connectivity index (χ0) is 20.7. The Morgan fingerprint density at radius 1 is 1.25 bits per heavy atom. The second kappa shape index (κ2) is 10.1. The molecular weight excluding hydrogens is 398 g/mol. The van der Waals surface area contributed by atoms with Gasteiger partial charge in [0.2, 0.25) is 15.9 Å². The van der Waals surface area contributed by atoms with Gasteiger partial charge in [-0.05, 0) is 44.1 Å². The first-order valence-electron chi connectivity index (χ1n) is 9.39. The molecule has 0 saturated carbocycles. The molecule has 28 heavy (non-hydrogen) atoms. The third kappa shape index (κ3) is 6.40. The molecule has 0 aromatic heterocycles. The fourth-order valence-electron chi connectivity index (χ4n) is 2.92. The van der Waals surface area contributed by atoms with Gasteiger partial charge in [0.05, 0.1) is 38.0 Å². The van der Waals surface area contributed by atoms with Gasteiger partial charge in [0.15, 0.2) is 5.11 Å². The summed E-state index contributed by atoms with van der Waals surface area (Å²) in [6.45, 7) is 4.07. The number of carbonyl (C=O) groups is 1. The fourth-order valence-corrected chi connectivity index (χ4v) is 4.60. The Balaban J connectivity index is 1.89. The van der Waals surface area contributed by atoms with Gasteiger partial charge >= 0.3 is 0 Å². The van der Waals surface area contributed by atoms with Crippen LogP contribution in [0.2, 0.25) is 0 Å². The maximum absolute atomic E-state index is 12.9. The van der Waals surface area contributed by atoms with E-state index < -0.39 is 15.9 Å². The number of piperidine rings is 1. The number of quaternary nitrogens is 1. The number of hydrogen-bond acceptors (Lipinski definition) is 4. The van der Waals surface area contributed by atoms with Crippen molar-refractivity contribution >= 4 is 33.3 Å². The van der Waals surface area contributed by atoms with Gasteiger partial charge < -0.3 is 10.2 Å². The number of hydrazine groups is 1. The van der Waals surface area contributed by atoms with E-state index >= 15 is 0 Å². The van der Waals surface area contributed by atoms with Crippen LogP contribution in [0.1, 0.15) is 18.4 Å². The van der Waals surface area contributed by atoms with Crippen molar-refractivity contribution in [2.75, 3.05) is 40.3 Å². The summed E-state index contributed by atoms with van der Waals surface area (Å²) in [4.78, 5) is 14.0. The van der Waals surface area contributed by atoms with Gasteiger partial charge in [0, 0.05) is 13.1 Å². The van der Waals surface area contributed by atoms with Gasteiger partial charge in [0.25, 0.3) is 0 Å². The van der Waals surface area contributed by atoms with E-state index in [4.69, 9.17) is 12.2 Å². The van der Waals surface area contributed by atoms with Crippen LogP contribution in [0, 0.1) is 12.8 Å². The highest BCUT2D eigenvalue weighted by Gasteiger charge is 2.33. The molecule has 0 bridgehead atoms. The Kier molecular flexibility index (Phi) is 8.17. The maximum atomic E-state index is 12.9. The van der Waals surface area contributed by atoms with Gasteiger partial charge in [-0.1, -0.05) is 17.7 Å². The number of likely N-dealkylation sites (N-methyl/N-ethyl adjacent to an activating group) is 1. The monoisotopic (exact) mass is 428 g/mol. The van der Waals surface area contributed by atoms with Gasteiger partial charge in [0.1, 0.15) is 0 Å². The predicted octanol–water partition coefficient (Wildman–Crippen LogP) is -0.964. The summed E-state index contributed by atoms with van der Waals surface area (Å²) < 4.78 is 27.1. The Bertz CT molecular complexity index is 781. The number of sulfonamides is 1. The van der Waals surface area contributed by atoms with Crippen molar-refractivity contribution in [2.24, 2.45) is 5.92 Å². The second-order valence-electron chi connectivity index (χ2n) is 7.34. The summed E-state index contributed by atoms with van der Waals surface area (Å²) >= 11 is 5.13. The van der Waals surface area contributed by atoms with Crippen molar-refractivity contribution < 1.29 is 18.1 Å². The van der Waals surface area contributed by atoms with Crippen molar-refractivity contribution in [1.82, 2.24) is 20.5 Å². The van der Waals surface area contributed by atoms with E-state index in [1.807, 2.05) is 21.0 Å². The van der Waals surface area contributed by atoms with E-state index in [1.165, 1.54) is 9.21 Å². The minimum absolute atomic E-state index is 0.161. The third-order valence-electron chi connectivity index (χ3n) is 4.62. The standard InChI is InChI=1S/C18H29N5O3S2/c1-14-6-8-16(9-7-14)28(25,26)23-11-4-5-15(13-23)17(24)20-21-18(27)19-10-12-22(2)3/h6-9,15H,4-5,10-13H2,1-3H3,(H,20,24)(H2,19,21,27)/p+1/t15-/m0/s1. The lowest BCUT2D eigenvalue weighted by Gasteiger charge is -2.31. The van der Waals surface area contributed by atoms with E-state index in [0.717, 1.165) is 12.1 Å². The number of aryl methyl sites for hydroxylation is 1. The lowest BCUT2D eigenvalue weighted by molar-refractivity contribution is -0.856. The second-order valence-corrected chi connectivity index (χ2v) is 9.69. The quantitative estimate of drug-likeness (QED) is 0.344. The highest BCUT2D eigenvalue weighted by molar-refractivity contribution is 7.89. The number of carbonyl (C=O) groups excluding carboxylic acids is 1. The molecular formula is C18H30N5O3S2+. The predicted molar refractivity (Wildman–Crippen MR) is 112 cm³/mol. The Morgan fingerprint density at radius 3 is 2.57 bits per heavy atom. The number of amides is 1. The summed E-state index contributed by atoms with van der Waals surface area (Å²) in [6, 6.07) is 6.76. The number of hydrogen-bond donors (Lipinski definition) is 4. The molecule has 1 saturated heterocycles. The topological polar surface area (TPSA) is 95.0 Å². The van der Waals surface area contributed by atoms with E-state index in [0.29, 0.717) is 31.0 Å². The van der Waals surface area contributed by atoms with E-state index in [2.05, 4.69) is 16.2 Å². The average Bonchev–Trinajstić information content (AvgIpc) is 2.66. The van der Waals surface area contributed by atoms with E-state index in [-0.39, 0.29) is 17.3 Å². The molecule has 0 spiro atoms. The van der Waals surface area contributed by atoms with Gasteiger partial charge in [-0.15, -0.1) is 0 Å². The first-order chi connectivity index (χ1) is 13.2. The molecule has 1 fully saturated rings. The van der Waals surface area contributed by atoms with Crippen molar-refractivity contribution in [1.29, 1.82) is 0 Å². The largest absolute Gasteiger partial charge is 0.356 e. The third-order valence-corrected chi connectivity index (χ3v) is 6.75. The summed E-state index contributed by atoms with van der Waals surface area (Å²) in [7, 11) is 0.478. The summed E-state index contributed by atoms with van der Waals surface area (Å²) in [5, 5.41) is 3.35. The molecule has 0 unspecified atom stereocenters. The van der Waals surface area contributed by atoms with Gasteiger partial charge in [-0.3, -0.25) is 15.6 Å². The summed E-state index contributed by atoms with van der Waals surface area (Å²) in [5.74, 6) is -0.679. The number of nitrogens with zero attached hydrogens (tertiary/aromatic N) is 1. The van der Waals surface area contributed by atoms with Crippen LogP contribution >= 0.6 is 12.2 Å². The van der Waals surface area contributed by atoms with Crippen LogP contribution in [0.3, 0.4) is 0 Å². The zero-order valence-corrected chi connectivity index (χ0v) is 18.3. The van der Waals surface area contributed by atoms with Crippen LogP contribution in [0.15, 0.2) is 29.2 Å². The highest BCUT2D eigenvalue weighted by atomic mass is 32.2. The molecule has 1 aliphatic rings. The molecule has 0 aliphatic carbocycles. The van der Waals surface area contributed by atoms with Crippen molar-refractivity contribution in [2.45, 2.75) is 24.7 Å². The number of benzene rings is 1. The van der Waals surface area contributed by atoms with Crippen LogP contribution in [-0.4, -0.2) is 64.0 Å². The Morgan fingerprint density at radius 2 is 1.93 bits per heavy atom. The first-order valence-corrected chi connectivity index (χ1v) is 11.2. The smallest absolute Gasteiger partial charge is 0.243 e. The molecule has 1 aromatic carbocycles. The van der Waals surface area contributed by atoms with Gasteiger partial charge in [-0.25, -0.2) is 8.42 Å². The minimum Gasteiger partial charge on any atom is -0.356 e. The fraction of sp³-hybridized carbons (Fsp3) is 0.556. The van der Waals surface area contributed by atoms with Crippen molar-refractivity contribution in [3.8, 4) is 0 Å². The van der Waals surface area contributed by atoms with E-state index in [9.17, 15) is 13.2 Å². The molecule has 1 aromatic rings. The molecule has 1 atom stereocenters.